The molecule has 1 heterocycles. The van der Waals surface area contributed by atoms with E-state index in [1.54, 1.807) is 7.11 Å². The molecule has 2 nitrogen and oxygen atoms in total. The number of ether oxygens (including phenoxy) is 1. The predicted octanol–water partition coefficient (Wildman–Crippen LogP) is 5.24. The minimum Gasteiger partial charge on any atom is -0.497 e. The van der Waals surface area contributed by atoms with E-state index in [1.165, 1.54) is 11.1 Å². The Morgan fingerprint density at radius 2 is 1.57 bits per heavy atom. The van der Waals surface area contributed by atoms with E-state index in [0.717, 1.165) is 22.7 Å². The number of hydrogen-bond acceptors (Lipinski definition) is 2. The summed E-state index contributed by atoms with van der Waals surface area (Å²) < 4.78 is 5.19. The lowest BCUT2D eigenvalue weighted by atomic mass is 10.1. The molecule has 1 aromatic heterocycles. The van der Waals surface area contributed by atoms with Gasteiger partial charge in [0.25, 0.3) is 0 Å². The Bertz CT molecular complexity index is 802. The molecule has 0 atom stereocenters. The van der Waals surface area contributed by atoms with Crippen molar-refractivity contribution in [1.29, 1.82) is 0 Å². The molecule has 0 unspecified atom stereocenters. The maximum absolute atomic E-state index is 5.19. The molecule has 0 radical (unpaired) electrons. The normalized spacial score (nSPS) is 10.9. The molecule has 0 bridgehead atoms. The van der Waals surface area contributed by atoms with E-state index in [-0.39, 0.29) is 0 Å². The summed E-state index contributed by atoms with van der Waals surface area (Å²) in [5, 5.41) is 0. The molecule has 0 saturated carbocycles. The molecule has 0 aliphatic rings. The maximum Gasteiger partial charge on any atom is 0.118 e. The van der Waals surface area contributed by atoms with Crippen LogP contribution in [0.25, 0.3) is 23.4 Å². The van der Waals surface area contributed by atoms with Crippen LogP contribution in [-0.4, -0.2) is 12.1 Å². The van der Waals surface area contributed by atoms with Gasteiger partial charge >= 0.3 is 0 Å². The van der Waals surface area contributed by atoms with Crippen molar-refractivity contribution in [1.82, 2.24) is 4.98 Å². The van der Waals surface area contributed by atoms with E-state index in [1.807, 2.05) is 48.5 Å². The first-order valence-corrected chi connectivity index (χ1v) is 7.61. The third-order valence-electron chi connectivity index (χ3n) is 3.68. The lowest BCUT2D eigenvalue weighted by Gasteiger charge is -2.04. The van der Waals surface area contributed by atoms with Gasteiger partial charge in [-0.15, -0.1) is 0 Å². The smallest absolute Gasteiger partial charge is 0.118 e. The Kier molecular flexibility index (Phi) is 4.53. The summed E-state index contributed by atoms with van der Waals surface area (Å²) in [6, 6.07) is 22.4. The van der Waals surface area contributed by atoms with Gasteiger partial charge < -0.3 is 4.74 Å². The van der Waals surface area contributed by atoms with E-state index in [0.29, 0.717) is 0 Å². The molecule has 23 heavy (non-hydrogen) atoms. The van der Waals surface area contributed by atoms with Crippen molar-refractivity contribution in [2.45, 2.75) is 6.92 Å². The molecule has 0 amide bonds. The van der Waals surface area contributed by atoms with Crippen molar-refractivity contribution in [3.8, 4) is 17.0 Å². The Morgan fingerprint density at radius 3 is 2.26 bits per heavy atom. The number of methoxy groups -OCH3 is 1. The first-order valence-electron chi connectivity index (χ1n) is 7.61. The number of pyridine rings is 1. The van der Waals surface area contributed by atoms with Crippen LogP contribution < -0.4 is 4.74 Å². The molecule has 0 spiro atoms. The second kappa shape index (κ2) is 6.93. The fraction of sp³-hybridized carbons (Fsp3) is 0.0952. The lowest BCUT2D eigenvalue weighted by molar-refractivity contribution is 0.415. The van der Waals surface area contributed by atoms with Gasteiger partial charge in [-0.2, -0.15) is 0 Å². The molecule has 0 aliphatic heterocycles. The monoisotopic (exact) mass is 301 g/mol. The highest BCUT2D eigenvalue weighted by atomic mass is 16.5. The van der Waals surface area contributed by atoms with E-state index in [4.69, 9.17) is 9.72 Å². The predicted molar refractivity (Wildman–Crippen MR) is 96.3 cm³/mol. The highest BCUT2D eigenvalue weighted by Crippen LogP contribution is 2.21. The summed E-state index contributed by atoms with van der Waals surface area (Å²) in [7, 11) is 1.67. The van der Waals surface area contributed by atoms with Crippen LogP contribution >= 0.6 is 0 Å². The standard InChI is InChI=1S/C21H19NO/c1-16-6-8-17(9-7-16)10-13-19-4-3-5-21(22-19)18-11-14-20(23-2)15-12-18/h3-15H,1-2H3/b13-10+. The molecule has 0 N–H and O–H groups in total. The maximum atomic E-state index is 5.19. The first kappa shape index (κ1) is 15.0. The van der Waals surface area contributed by atoms with Crippen LogP contribution in [0.2, 0.25) is 0 Å². The van der Waals surface area contributed by atoms with Crippen LogP contribution in [0.15, 0.2) is 66.7 Å². The number of hydrogen-bond donors (Lipinski definition) is 0. The SMILES string of the molecule is COc1ccc(-c2cccc(/C=C/c3ccc(C)cc3)n2)cc1. The Morgan fingerprint density at radius 1 is 0.826 bits per heavy atom. The minimum absolute atomic E-state index is 0.851. The fourth-order valence-electron chi connectivity index (χ4n) is 2.33. The third kappa shape index (κ3) is 3.86. The van der Waals surface area contributed by atoms with Gasteiger partial charge in [-0.05, 0) is 55.0 Å². The van der Waals surface area contributed by atoms with Gasteiger partial charge in [-0.25, -0.2) is 4.98 Å². The second-order valence-electron chi connectivity index (χ2n) is 5.42. The van der Waals surface area contributed by atoms with Crippen LogP contribution in [0.3, 0.4) is 0 Å². The number of rotatable bonds is 4. The summed E-state index contributed by atoms with van der Waals surface area (Å²) in [4.78, 5) is 4.70. The molecule has 0 fully saturated rings. The Balaban J connectivity index is 1.82. The van der Waals surface area contributed by atoms with Gasteiger partial charge in [0.1, 0.15) is 5.75 Å². The van der Waals surface area contributed by atoms with Crippen LogP contribution in [0.1, 0.15) is 16.8 Å². The summed E-state index contributed by atoms with van der Waals surface area (Å²) in [6.07, 6.45) is 4.12. The van der Waals surface area contributed by atoms with Crippen molar-refractivity contribution in [3.05, 3.63) is 83.6 Å². The number of nitrogens with zero attached hydrogens (tertiary/aromatic N) is 1. The summed E-state index contributed by atoms with van der Waals surface area (Å²) in [5.74, 6) is 0.851. The molecule has 2 heteroatoms. The van der Waals surface area contributed by atoms with Gasteiger partial charge in [0.05, 0.1) is 18.5 Å². The van der Waals surface area contributed by atoms with Crippen LogP contribution in [-0.2, 0) is 0 Å². The summed E-state index contributed by atoms with van der Waals surface area (Å²) in [5.41, 5.74) is 5.42. The van der Waals surface area contributed by atoms with Gasteiger partial charge in [0.15, 0.2) is 0 Å². The highest BCUT2D eigenvalue weighted by molar-refractivity contribution is 5.70. The molecule has 3 rings (SSSR count). The largest absolute Gasteiger partial charge is 0.497 e. The first-order chi connectivity index (χ1) is 11.2. The quantitative estimate of drug-likeness (QED) is 0.657. The highest BCUT2D eigenvalue weighted by Gasteiger charge is 2.00. The van der Waals surface area contributed by atoms with Crippen molar-refractivity contribution in [3.63, 3.8) is 0 Å². The Hall–Kier alpha value is -2.87. The molecule has 2 aromatic carbocycles. The summed E-state index contributed by atoms with van der Waals surface area (Å²) >= 11 is 0. The number of aromatic nitrogens is 1. The van der Waals surface area contributed by atoms with E-state index >= 15 is 0 Å². The fourth-order valence-corrected chi connectivity index (χ4v) is 2.33. The molecule has 114 valence electrons. The minimum atomic E-state index is 0.851. The van der Waals surface area contributed by atoms with Gasteiger partial charge in [0.2, 0.25) is 0 Å². The average Bonchev–Trinajstić information content (AvgIpc) is 2.61. The van der Waals surface area contributed by atoms with Crippen molar-refractivity contribution in [2.75, 3.05) is 7.11 Å². The van der Waals surface area contributed by atoms with Gasteiger partial charge in [-0.3, -0.25) is 0 Å². The van der Waals surface area contributed by atoms with Gasteiger partial charge in [0, 0.05) is 5.56 Å². The zero-order valence-corrected chi connectivity index (χ0v) is 13.4. The third-order valence-corrected chi connectivity index (χ3v) is 3.68. The van der Waals surface area contributed by atoms with Gasteiger partial charge in [-0.1, -0.05) is 42.0 Å². The Labute approximate surface area is 137 Å². The molecular formula is C21H19NO. The van der Waals surface area contributed by atoms with Crippen LogP contribution in [0, 0.1) is 6.92 Å². The van der Waals surface area contributed by atoms with E-state index in [9.17, 15) is 0 Å². The van der Waals surface area contributed by atoms with Crippen molar-refractivity contribution < 1.29 is 4.74 Å². The number of benzene rings is 2. The average molecular weight is 301 g/mol. The zero-order chi connectivity index (χ0) is 16.1. The second-order valence-corrected chi connectivity index (χ2v) is 5.42. The summed E-state index contributed by atoms with van der Waals surface area (Å²) in [6.45, 7) is 2.09. The van der Waals surface area contributed by atoms with Crippen molar-refractivity contribution >= 4 is 12.2 Å². The number of aryl methyl sites for hydroxylation is 1. The van der Waals surface area contributed by atoms with Crippen LogP contribution in [0.4, 0.5) is 0 Å². The van der Waals surface area contributed by atoms with E-state index < -0.39 is 0 Å². The van der Waals surface area contributed by atoms with Crippen molar-refractivity contribution in [2.24, 2.45) is 0 Å². The van der Waals surface area contributed by atoms with Crippen LogP contribution in [0.5, 0.6) is 5.75 Å². The molecule has 0 saturated heterocycles. The van der Waals surface area contributed by atoms with E-state index in [2.05, 4.69) is 37.3 Å². The topological polar surface area (TPSA) is 22.1 Å². The molecular weight excluding hydrogens is 282 g/mol. The molecule has 0 aliphatic carbocycles. The molecule has 3 aromatic rings. The lowest BCUT2D eigenvalue weighted by Crippen LogP contribution is -1.87. The zero-order valence-electron chi connectivity index (χ0n) is 13.4.